The summed E-state index contributed by atoms with van der Waals surface area (Å²) in [6, 6.07) is 3.48. The van der Waals surface area contributed by atoms with Crippen LogP contribution in [-0.2, 0) is 14.3 Å². The summed E-state index contributed by atoms with van der Waals surface area (Å²) < 4.78 is 10.7. The number of rotatable bonds is 5. The molecule has 136 valence electrons. The molecule has 0 spiro atoms. The molecule has 2 aliphatic heterocycles. The first kappa shape index (κ1) is 17.6. The largest absolute Gasteiger partial charge is 0.381 e. The number of hydrogen-bond donors (Lipinski definition) is 2. The molecule has 3 rings (SSSR count). The van der Waals surface area contributed by atoms with E-state index in [1.807, 2.05) is 4.90 Å². The molecule has 3 heterocycles. The molecule has 25 heavy (non-hydrogen) atoms. The lowest BCUT2D eigenvalue weighted by Gasteiger charge is -2.34. The smallest absolute Gasteiger partial charge is 0.255 e. The Kier molecular flexibility index (Phi) is 5.50. The highest BCUT2D eigenvalue weighted by molar-refractivity contribution is 5.99. The second kappa shape index (κ2) is 7.79. The van der Waals surface area contributed by atoms with Gasteiger partial charge in [-0.1, -0.05) is 0 Å². The highest BCUT2D eigenvalue weighted by Gasteiger charge is 2.39. The molecule has 0 aliphatic carbocycles. The number of hydrogen-bond acceptors (Lipinski definition) is 6. The summed E-state index contributed by atoms with van der Waals surface area (Å²) in [6.45, 7) is 3.78. The van der Waals surface area contributed by atoms with Crippen molar-refractivity contribution in [3.63, 3.8) is 0 Å². The number of aromatic nitrogens is 1. The molecule has 2 saturated heterocycles. The minimum atomic E-state index is -0.741. The van der Waals surface area contributed by atoms with Gasteiger partial charge in [-0.2, -0.15) is 0 Å². The van der Waals surface area contributed by atoms with Crippen LogP contribution in [0.25, 0.3) is 0 Å². The first-order chi connectivity index (χ1) is 12.1. The van der Waals surface area contributed by atoms with E-state index < -0.39 is 11.3 Å². The third-order valence-electron chi connectivity index (χ3n) is 4.90. The zero-order valence-electron chi connectivity index (χ0n) is 14.2. The predicted octanol–water partition coefficient (Wildman–Crippen LogP) is -0.0699. The molecule has 1 aromatic heterocycles. The molecule has 0 radical (unpaired) electrons. The normalized spacial score (nSPS) is 20.1. The van der Waals surface area contributed by atoms with E-state index >= 15 is 0 Å². The maximum Gasteiger partial charge on any atom is 0.255 e. The molecule has 2 fully saturated rings. The number of ether oxygens (including phenoxy) is 2. The third-order valence-corrected chi connectivity index (χ3v) is 4.90. The predicted molar refractivity (Wildman–Crippen MR) is 91.3 cm³/mol. The van der Waals surface area contributed by atoms with Crippen LogP contribution in [0.3, 0.4) is 0 Å². The summed E-state index contributed by atoms with van der Waals surface area (Å²) in [4.78, 5) is 31.1. The molecule has 8 heteroatoms. The molecule has 0 unspecified atom stereocenters. The highest BCUT2D eigenvalue weighted by atomic mass is 16.5. The molecule has 2 amide bonds. The van der Waals surface area contributed by atoms with E-state index in [-0.39, 0.29) is 12.5 Å². The Morgan fingerprint density at radius 3 is 2.56 bits per heavy atom. The van der Waals surface area contributed by atoms with Crippen molar-refractivity contribution in [2.45, 2.75) is 12.8 Å². The van der Waals surface area contributed by atoms with E-state index in [1.165, 1.54) is 0 Å². The van der Waals surface area contributed by atoms with E-state index in [0.717, 1.165) is 0 Å². The van der Waals surface area contributed by atoms with Crippen molar-refractivity contribution in [1.29, 1.82) is 0 Å². The van der Waals surface area contributed by atoms with Gasteiger partial charge in [0.15, 0.2) is 0 Å². The molecule has 2 aliphatic rings. The number of amides is 2. The quantitative estimate of drug-likeness (QED) is 0.771. The Bertz CT molecular complexity index is 625. The van der Waals surface area contributed by atoms with Crippen LogP contribution in [-0.4, -0.2) is 62.9 Å². The Balaban J connectivity index is 1.72. The van der Waals surface area contributed by atoms with Crippen LogP contribution in [0.4, 0.5) is 5.82 Å². The van der Waals surface area contributed by atoms with Crippen LogP contribution >= 0.6 is 0 Å². The fraction of sp³-hybridized carbons (Fsp3) is 0.588. The molecular weight excluding hydrogens is 324 g/mol. The Morgan fingerprint density at radius 2 is 1.88 bits per heavy atom. The van der Waals surface area contributed by atoms with Crippen molar-refractivity contribution in [2.24, 2.45) is 11.1 Å². The molecule has 1 aromatic rings. The summed E-state index contributed by atoms with van der Waals surface area (Å²) in [5, 5.41) is 2.88. The van der Waals surface area contributed by atoms with Crippen molar-refractivity contribution >= 4 is 17.6 Å². The van der Waals surface area contributed by atoms with Gasteiger partial charge in [0.1, 0.15) is 5.82 Å². The van der Waals surface area contributed by atoms with Gasteiger partial charge in [0, 0.05) is 39.0 Å². The minimum Gasteiger partial charge on any atom is -0.381 e. The molecule has 3 N–H and O–H groups in total. The molecule has 0 aromatic carbocycles. The first-order valence-electron chi connectivity index (χ1n) is 8.56. The van der Waals surface area contributed by atoms with Gasteiger partial charge in [-0.15, -0.1) is 0 Å². The number of nitrogens with zero attached hydrogens (tertiary/aromatic N) is 2. The van der Waals surface area contributed by atoms with Crippen molar-refractivity contribution in [3.8, 4) is 0 Å². The second-order valence-electron chi connectivity index (χ2n) is 6.41. The summed E-state index contributed by atoms with van der Waals surface area (Å²) >= 11 is 0. The van der Waals surface area contributed by atoms with Gasteiger partial charge < -0.3 is 25.4 Å². The number of nitrogens with two attached hydrogens (primary N) is 1. The lowest BCUT2D eigenvalue weighted by atomic mass is 9.79. The van der Waals surface area contributed by atoms with Gasteiger partial charge in [0.2, 0.25) is 5.91 Å². The highest BCUT2D eigenvalue weighted by Crippen LogP contribution is 2.29. The van der Waals surface area contributed by atoms with Crippen molar-refractivity contribution in [2.75, 3.05) is 51.0 Å². The van der Waals surface area contributed by atoms with Gasteiger partial charge in [-0.05, 0) is 25.0 Å². The van der Waals surface area contributed by atoms with Crippen LogP contribution in [0.1, 0.15) is 23.2 Å². The lowest BCUT2D eigenvalue weighted by Crippen LogP contribution is -2.49. The monoisotopic (exact) mass is 348 g/mol. The Labute approximate surface area is 146 Å². The topological polar surface area (TPSA) is 107 Å². The molecule has 8 nitrogen and oxygen atoms in total. The number of carbonyl (C=O) groups is 2. The summed E-state index contributed by atoms with van der Waals surface area (Å²) in [5.41, 5.74) is 5.35. The van der Waals surface area contributed by atoms with Crippen LogP contribution in [0.5, 0.6) is 0 Å². The van der Waals surface area contributed by atoms with Crippen molar-refractivity contribution in [1.82, 2.24) is 10.3 Å². The molecule has 0 atom stereocenters. The van der Waals surface area contributed by atoms with Gasteiger partial charge in [0.05, 0.1) is 24.2 Å². The zero-order chi connectivity index (χ0) is 17.7. The van der Waals surface area contributed by atoms with Gasteiger partial charge in [-0.25, -0.2) is 4.98 Å². The zero-order valence-corrected chi connectivity index (χ0v) is 14.2. The molecular formula is C17H24N4O4. The third kappa shape index (κ3) is 3.91. The Morgan fingerprint density at radius 1 is 1.20 bits per heavy atom. The number of primary amides is 1. The maximum absolute atomic E-state index is 12.7. The summed E-state index contributed by atoms with van der Waals surface area (Å²) in [6.07, 6.45) is 2.71. The summed E-state index contributed by atoms with van der Waals surface area (Å²) in [7, 11) is 0. The average molecular weight is 348 g/mol. The maximum atomic E-state index is 12.7. The number of morpholine rings is 1. The van der Waals surface area contributed by atoms with E-state index in [1.54, 1.807) is 18.3 Å². The van der Waals surface area contributed by atoms with E-state index in [4.69, 9.17) is 15.2 Å². The van der Waals surface area contributed by atoms with Crippen LogP contribution < -0.4 is 16.0 Å². The van der Waals surface area contributed by atoms with E-state index in [0.29, 0.717) is 63.7 Å². The number of nitrogens with one attached hydrogen (secondary N) is 1. The average Bonchev–Trinajstić information content (AvgIpc) is 2.67. The molecule has 0 bridgehead atoms. The van der Waals surface area contributed by atoms with Crippen LogP contribution in [0, 0.1) is 5.41 Å². The Hall–Kier alpha value is -2.19. The fourth-order valence-corrected chi connectivity index (χ4v) is 3.22. The van der Waals surface area contributed by atoms with E-state index in [2.05, 4.69) is 10.3 Å². The fourth-order valence-electron chi connectivity index (χ4n) is 3.22. The number of pyridine rings is 1. The number of carbonyl (C=O) groups excluding carboxylic acids is 2. The van der Waals surface area contributed by atoms with Crippen molar-refractivity contribution < 1.29 is 19.1 Å². The van der Waals surface area contributed by atoms with Crippen LogP contribution in [0.15, 0.2) is 18.3 Å². The van der Waals surface area contributed by atoms with Gasteiger partial charge in [-0.3, -0.25) is 9.59 Å². The number of anilines is 1. The van der Waals surface area contributed by atoms with E-state index in [9.17, 15) is 9.59 Å². The first-order valence-corrected chi connectivity index (χ1v) is 8.56. The standard InChI is InChI=1S/C17H24N4O4/c18-16(23)17(3-8-24-9-4-17)12-20-15(22)13-2-1-5-19-14(13)21-6-10-25-11-7-21/h1-2,5H,3-4,6-12H2,(H2,18,23)(H,20,22). The second-order valence-corrected chi connectivity index (χ2v) is 6.41. The van der Waals surface area contributed by atoms with Gasteiger partial charge in [0.25, 0.3) is 5.91 Å². The molecule has 0 saturated carbocycles. The lowest BCUT2D eigenvalue weighted by molar-refractivity contribution is -0.132. The minimum absolute atomic E-state index is 0.210. The van der Waals surface area contributed by atoms with Gasteiger partial charge >= 0.3 is 0 Å². The SMILES string of the molecule is NC(=O)C1(CNC(=O)c2cccnc2N2CCOCC2)CCOCC1. The van der Waals surface area contributed by atoms with Crippen LogP contribution in [0.2, 0.25) is 0 Å². The summed E-state index contributed by atoms with van der Waals surface area (Å²) in [5.74, 6) is 0.000741. The van der Waals surface area contributed by atoms with Crippen molar-refractivity contribution in [3.05, 3.63) is 23.9 Å².